The van der Waals surface area contributed by atoms with E-state index in [1.165, 1.54) is 25.8 Å². The Morgan fingerprint density at radius 3 is 1.32 bits per heavy atom. The number of para-hydroxylation sites is 1. The number of hydrogen-bond acceptors (Lipinski definition) is 1. The van der Waals surface area contributed by atoms with Crippen molar-refractivity contribution in [3.8, 4) is 11.5 Å². The number of ether oxygens (including phenoxy) is 1. The van der Waals surface area contributed by atoms with Crippen molar-refractivity contribution in [1.29, 1.82) is 0 Å². The molecule has 2 heteroatoms. The molecular weight excluding hydrogens is 360 g/mol. The highest BCUT2D eigenvalue weighted by atomic mass is 32.2. The van der Waals surface area contributed by atoms with Crippen molar-refractivity contribution in [2.75, 3.05) is 0 Å². The predicted octanol–water partition coefficient (Wildman–Crippen LogP) is 7.19. The molecule has 0 amide bonds. The second kappa shape index (κ2) is 8.37. The maximum Gasteiger partial charge on any atom is 0.166 e. The van der Waals surface area contributed by atoms with Gasteiger partial charge in [0, 0.05) is 0 Å². The minimum atomic E-state index is -0.141. The topological polar surface area (TPSA) is 9.23 Å². The van der Waals surface area contributed by atoms with E-state index in [2.05, 4.69) is 86.6 Å². The lowest BCUT2D eigenvalue weighted by molar-refractivity contribution is 0.482. The van der Waals surface area contributed by atoms with Crippen LogP contribution >= 0.6 is 0 Å². The molecule has 0 aromatic heterocycles. The molecular formula is C26H23OS+. The SMILES string of the molecule is Cc1ccc([S+](c2ccc(C)cc2)c2ccc(Oc3ccccc3)cc2)cc1. The molecule has 138 valence electrons. The number of benzene rings is 4. The van der Waals surface area contributed by atoms with Crippen LogP contribution in [0.5, 0.6) is 11.5 Å². The average molecular weight is 384 g/mol. The van der Waals surface area contributed by atoms with Crippen molar-refractivity contribution >= 4 is 10.9 Å². The van der Waals surface area contributed by atoms with Crippen LogP contribution in [0.2, 0.25) is 0 Å². The first kappa shape index (κ1) is 18.4. The lowest BCUT2D eigenvalue weighted by Crippen LogP contribution is -2.05. The first-order valence-corrected chi connectivity index (χ1v) is 10.6. The zero-order valence-electron chi connectivity index (χ0n) is 16.1. The van der Waals surface area contributed by atoms with E-state index in [9.17, 15) is 0 Å². The Morgan fingerprint density at radius 2 is 0.857 bits per heavy atom. The molecule has 1 nitrogen and oxygen atoms in total. The molecule has 0 saturated heterocycles. The van der Waals surface area contributed by atoms with Crippen molar-refractivity contribution < 1.29 is 4.74 Å². The first-order valence-electron chi connectivity index (χ1n) is 9.40. The molecule has 0 bridgehead atoms. The number of rotatable bonds is 5. The molecule has 4 aromatic carbocycles. The molecule has 4 aromatic rings. The fourth-order valence-electron chi connectivity index (χ4n) is 3.03. The zero-order valence-corrected chi connectivity index (χ0v) is 16.9. The summed E-state index contributed by atoms with van der Waals surface area (Å²) in [6.07, 6.45) is 0. The Hall–Kier alpha value is -2.97. The van der Waals surface area contributed by atoms with Gasteiger partial charge in [0.2, 0.25) is 0 Å². The average Bonchev–Trinajstić information content (AvgIpc) is 2.73. The zero-order chi connectivity index (χ0) is 19.3. The van der Waals surface area contributed by atoms with Crippen LogP contribution in [0.1, 0.15) is 11.1 Å². The molecule has 28 heavy (non-hydrogen) atoms. The van der Waals surface area contributed by atoms with Gasteiger partial charge in [0.25, 0.3) is 0 Å². The van der Waals surface area contributed by atoms with E-state index >= 15 is 0 Å². The highest BCUT2D eigenvalue weighted by molar-refractivity contribution is 7.97. The summed E-state index contributed by atoms with van der Waals surface area (Å²) in [6, 6.07) is 36.1. The molecule has 0 radical (unpaired) electrons. The normalized spacial score (nSPS) is 10.8. The Morgan fingerprint density at radius 1 is 0.464 bits per heavy atom. The lowest BCUT2D eigenvalue weighted by Gasteiger charge is -2.10. The second-order valence-electron chi connectivity index (χ2n) is 6.82. The standard InChI is InChI=1S/C26H23OS/c1-20-8-14-24(15-9-20)28(25-16-10-21(2)11-17-25)26-18-12-23(13-19-26)27-22-6-4-3-5-7-22/h3-19H,1-2H3/q+1. The van der Waals surface area contributed by atoms with E-state index < -0.39 is 0 Å². The van der Waals surface area contributed by atoms with Gasteiger partial charge in [0.15, 0.2) is 14.7 Å². The Bertz CT molecular complexity index is 975. The maximum atomic E-state index is 5.96. The summed E-state index contributed by atoms with van der Waals surface area (Å²) in [5, 5.41) is 0. The molecule has 0 N–H and O–H groups in total. The molecule has 0 unspecified atom stereocenters. The number of hydrogen-bond donors (Lipinski definition) is 0. The maximum absolute atomic E-state index is 5.96. The highest BCUT2D eigenvalue weighted by Crippen LogP contribution is 2.33. The van der Waals surface area contributed by atoms with Gasteiger partial charge < -0.3 is 4.74 Å². The minimum absolute atomic E-state index is 0.141. The van der Waals surface area contributed by atoms with E-state index in [1.807, 2.05) is 30.3 Å². The van der Waals surface area contributed by atoms with Crippen molar-refractivity contribution in [3.63, 3.8) is 0 Å². The Kier molecular flexibility index (Phi) is 5.50. The summed E-state index contributed by atoms with van der Waals surface area (Å²) in [7, 11) is -0.141. The third-order valence-electron chi connectivity index (χ3n) is 4.55. The predicted molar refractivity (Wildman–Crippen MR) is 117 cm³/mol. The molecule has 4 rings (SSSR count). The first-order chi connectivity index (χ1) is 13.7. The van der Waals surface area contributed by atoms with Crippen LogP contribution in [0, 0.1) is 13.8 Å². The van der Waals surface area contributed by atoms with E-state index in [-0.39, 0.29) is 10.9 Å². The summed E-state index contributed by atoms with van der Waals surface area (Å²) < 4.78 is 5.96. The molecule has 0 heterocycles. The minimum Gasteiger partial charge on any atom is -0.457 e. The molecule has 0 saturated carbocycles. The van der Waals surface area contributed by atoms with Crippen LogP contribution in [0.15, 0.2) is 118 Å². The van der Waals surface area contributed by atoms with Crippen molar-refractivity contribution in [3.05, 3.63) is 114 Å². The second-order valence-corrected chi connectivity index (χ2v) is 8.85. The van der Waals surface area contributed by atoms with Crippen molar-refractivity contribution in [1.82, 2.24) is 0 Å². The fraction of sp³-hybridized carbons (Fsp3) is 0.0769. The lowest BCUT2D eigenvalue weighted by atomic mass is 10.2. The van der Waals surface area contributed by atoms with E-state index in [0.29, 0.717) is 0 Å². The summed E-state index contributed by atoms with van der Waals surface area (Å²) in [5.41, 5.74) is 2.56. The van der Waals surface area contributed by atoms with Gasteiger partial charge in [-0.3, -0.25) is 0 Å². The van der Waals surface area contributed by atoms with Crippen LogP contribution in [0.3, 0.4) is 0 Å². The van der Waals surface area contributed by atoms with Gasteiger partial charge >= 0.3 is 0 Å². The van der Waals surface area contributed by atoms with Crippen LogP contribution in [-0.4, -0.2) is 0 Å². The third kappa shape index (κ3) is 4.29. The van der Waals surface area contributed by atoms with Crippen LogP contribution in [0.25, 0.3) is 0 Å². The molecule has 0 aliphatic rings. The van der Waals surface area contributed by atoms with Gasteiger partial charge in [0.1, 0.15) is 11.5 Å². The summed E-state index contributed by atoms with van der Waals surface area (Å²) >= 11 is 0. The monoisotopic (exact) mass is 383 g/mol. The number of aryl methyl sites for hydroxylation is 2. The molecule has 0 aliphatic heterocycles. The van der Waals surface area contributed by atoms with Gasteiger partial charge in [-0.1, -0.05) is 53.6 Å². The molecule has 0 fully saturated rings. The molecule has 0 atom stereocenters. The summed E-state index contributed by atoms with van der Waals surface area (Å²) in [6.45, 7) is 4.26. The van der Waals surface area contributed by atoms with E-state index in [4.69, 9.17) is 4.74 Å². The van der Waals surface area contributed by atoms with Crippen molar-refractivity contribution in [2.24, 2.45) is 0 Å². The van der Waals surface area contributed by atoms with E-state index in [1.54, 1.807) is 0 Å². The fourth-order valence-corrected chi connectivity index (χ4v) is 5.07. The summed E-state index contributed by atoms with van der Waals surface area (Å²) in [5.74, 6) is 1.71. The van der Waals surface area contributed by atoms with Gasteiger partial charge in [-0.05, 0) is 74.5 Å². The van der Waals surface area contributed by atoms with Crippen LogP contribution < -0.4 is 4.74 Å². The smallest absolute Gasteiger partial charge is 0.166 e. The van der Waals surface area contributed by atoms with Crippen LogP contribution in [-0.2, 0) is 10.9 Å². The van der Waals surface area contributed by atoms with Gasteiger partial charge in [-0.2, -0.15) is 0 Å². The Balaban J connectivity index is 1.68. The van der Waals surface area contributed by atoms with E-state index in [0.717, 1.165) is 11.5 Å². The third-order valence-corrected chi connectivity index (χ3v) is 6.78. The van der Waals surface area contributed by atoms with Crippen molar-refractivity contribution in [2.45, 2.75) is 28.5 Å². The highest BCUT2D eigenvalue weighted by Gasteiger charge is 2.28. The quantitative estimate of drug-likeness (QED) is 0.331. The molecule has 0 aliphatic carbocycles. The summed E-state index contributed by atoms with van der Waals surface area (Å²) in [4.78, 5) is 3.94. The van der Waals surface area contributed by atoms with Gasteiger partial charge in [-0.25, -0.2) is 0 Å². The Labute approximate surface area is 170 Å². The largest absolute Gasteiger partial charge is 0.457 e. The van der Waals surface area contributed by atoms with Gasteiger partial charge in [0.05, 0.1) is 10.9 Å². The molecule has 0 spiro atoms. The van der Waals surface area contributed by atoms with Crippen LogP contribution in [0.4, 0.5) is 0 Å². The van der Waals surface area contributed by atoms with Gasteiger partial charge in [-0.15, -0.1) is 0 Å².